The van der Waals surface area contributed by atoms with Gasteiger partial charge in [-0.2, -0.15) is 0 Å². The van der Waals surface area contributed by atoms with Crippen molar-refractivity contribution in [3.05, 3.63) is 12.2 Å². The molecular weight excluding hydrogens is 698 g/mol. The molecular formula is C40H75N3O11. The molecule has 2 atom stereocenters. The Morgan fingerprint density at radius 2 is 1.00 bits per heavy atom. The highest BCUT2D eigenvalue weighted by Crippen LogP contribution is 2.10. The monoisotopic (exact) mass is 774 g/mol. The summed E-state index contributed by atoms with van der Waals surface area (Å²) in [7, 11) is 0. The van der Waals surface area contributed by atoms with Gasteiger partial charge in [-0.3, -0.25) is 14.4 Å². The molecule has 0 saturated heterocycles. The Labute approximate surface area is 325 Å². The fraction of sp³-hybridized carbons (Fsp3) is 0.850. The Hall–Kier alpha value is -2.62. The van der Waals surface area contributed by atoms with Gasteiger partial charge in [0.1, 0.15) is 18.7 Å². The van der Waals surface area contributed by atoms with Crippen molar-refractivity contribution in [1.82, 2.24) is 16.0 Å². The predicted octanol–water partition coefficient (Wildman–Crippen LogP) is 4.97. The number of carboxylic acids is 1. The molecule has 0 radical (unpaired) electrons. The number of unbranched alkanes of at least 4 members (excludes halogenated alkanes) is 11. The van der Waals surface area contributed by atoms with Gasteiger partial charge in [0.2, 0.25) is 17.7 Å². The summed E-state index contributed by atoms with van der Waals surface area (Å²) < 4.78 is 32.6. The van der Waals surface area contributed by atoms with Crippen LogP contribution in [0.1, 0.15) is 118 Å². The SMILES string of the molecule is CCCCCCCC/C=C\CCCCCCCC(=O)NCCOCCOCCOCCOCCOCCOCC(=O)N[C@@H](C)C(=O)N[C@H](C(=O)O)C(C)C. The average molecular weight is 774 g/mol. The molecule has 0 heterocycles. The van der Waals surface area contributed by atoms with Crippen LogP contribution in [-0.2, 0) is 47.6 Å². The number of hydrogen-bond donors (Lipinski definition) is 4. The molecule has 4 N–H and O–H groups in total. The lowest BCUT2D eigenvalue weighted by atomic mass is 10.0. The second-order valence-corrected chi connectivity index (χ2v) is 13.7. The standard InChI is InChI=1S/C40H75N3O11/c1-5-6-7-8-9-10-11-12-13-14-15-16-17-18-19-20-36(44)41-21-22-49-23-24-50-25-26-51-27-28-52-29-30-53-31-32-54-33-37(45)42-35(4)39(46)43-38(34(2)3)40(47)48/h12-13,34-35,38H,5-11,14-33H2,1-4H3,(H,41,44)(H,42,45)(H,43,46)(H,47,48)/b13-12-/t35-,38-/m0/s1. The van der Waals surface area contributed by atoms with Gasteiger partial charge in [-0.1, -0.05) is 84.3 Å². The summed E-state index contributed by atoms with van der Waals surface area (Å²) in [6.45, 7) is 11.7. The van der Waals surface area contributed by atoms with Gasteiger partial charge in [-0.15, -0.1) is 0 Å². The van der Waals surface area contributed by atoms with Crippen LogP contribution in [0.15, 0.2) is 12.2 Å². The van der Waals surface area contributed by atoms with Crippen LogP contribution in [0.2, 0.25) is 0 Å². The van der Waals surface area contributed by atoms with Gasteiger partial charge < -0.3 is 49.5 Å². The van der Waals surface area contributed by atoms with E-state index in [9.17, 15) is 24.3 Å². The Bertz CT molecular complexity index is 952. The lowest BCUT2D eigenvalue weighted by Gasteiger charge is -2.21. The molecule has 0 aromatic heterocycles. The quantitative estimate of drug-likeness (QED) is 0.0488. The van der Waals surface area contributed by atoms with E-state index in [-0.39, 0.29) is 31.6 Å². The first-order valence-electron chi connectivity index (χ1n) is 20.4. The maximum atomic E-state index is 12.1. The zero-order valence-electron chi connectivity index (χ0n) is 34.0. The van der Waals surface area contributed by atoms with Crippen molar-refractivity contribution in [3.63, 3.8) is 0 Å². The van der Waals surface area contributed by atoms with Crippen molar-refractivity contribution in [2.45, 2.75) is 130 Å². The summed E-state index contributed by atoms with van der Waals surface area (Å²) in [6.07, 6.45) is 21.5. The average Bonchev–Trinajstić information content (AvgIpc) is 3.14. The number of allylic oxidation sites excluding steroid dienone is 2. The molecule has 14 heteroatoms. The Morgan fingerprint density at radius 3 is 1.48 bits per heavy atom. The number of amides is 3. The fourth-order valence-electron chi connectivity index (χ4n) is 5.11. The minimum atomic E-state index is -1.13. The first kappa shape index (κ1) is 51.4. The summed E-state index contributed by atoms with van der Waals surface area (Å²) in [5, 5.41) is 17.0. The molecule has 0 aliphatic rings. The van der Waals surface area contributed by atoms with Crippen LogP contribution in [0.4, 0.5) is 0 Å². The van der Waals surface area contributed by atoms with Crippen LogP contribution in [-0.4, -0.2) is 127 Å². The highest BCUT2D eigenvalue weighted by molar-refractivity contribution is 5.90. The van der Waals surface area contributed by atoms with Crippen LogP contribution >= 0.6 is 0 Å². The first-order chi connectivity index (χ1) is 26.2. The molecule has 0 aromatic rings. The Morgan fingerprint density at radius 1 is 0.556 bits per heavy atom. The van der Waals surface area contributed by atoms with Crippen LogP contribution in [0.5, 0.6) is 0 Å². The van der Waals surface area contributed by atoms with E-state index < -0.39 is 29.9 Å². The zero-order valence-corrected chi connectivity index (χ0v) is 34.0. The Kier molecular flexibility index (Phi) is 36.8. The van der Waals surface area contributed by atoms with Gasteiger partial charge in [0.15, 0.2) is 0 Å². The summed E-state index contributed by atoms with van der Waals surface area (Å²) in [5.41, 5.74) is 0. The number of rotatable bonds is 40. The van der Waals surface area contributed by atoms with E-state index >= 15 is 0 Å². The summed E-state index contributed by atoms with van der Waals surface area (Å²) in [6, 6.07) is -1.93. The summed E-state index contributed by atoms with van der Waals surface area (Å²) in [4.78, 5) is 47.3. The van der Waals surface area contributed by atoms with Crippen molar-refractivity contribution in [3.8, 4) is 0 Å². The lowest BCUT2D eigenvalue weighted by Crippen LogP contribution is -2.52. The molecule has 3 amide bonds. The summed E-state index contributed by atoms with van der Waals surface area (Å²) >= 11 is 0. The van der Waals surface area contributed by atoms with Gasteiger partial charge in [-0.25, -0.2) is 4.79 Å². The lowest BCUT2D eigenvalue weighted by molar-refractivity contribution is -0.143. The largest absolute Gasteiger partial charge is 0.480 e. The van der Waals surface area contributed by atoms with E-state index in [2.05, 4.69) is 35.0 Å². The fourth-order valence-corrected chi connectivity index (χ4v) is 5.11. The number of carbonyl (C=O) groups excluding carboxylic acids is 3. The van der Waals surface area contributed by atoms with E-state index in [1.54, 1.807) is 13.8 Å². The second kappa shape index (κ2) is 38.6. The van der Waals surface area contributed by atoms with Crippen molar-refractivity contribution in [2.24, 2.45) is 5.92 Å². The Balaban J connectivity index is 3.38. The highest BCUT2D eigenvalue weighted by atomic mass is 16.6. The van der Waals surface area contributed by atoms with Gasteiger partial charge in [0.05, 0.1) is 72.7 Å². The third-order valence-electron chi connectivity index (χ3n) is 8.33. The number of aliphatic carboxylic acids is 1. The molecule has 14 nitrogen and oxygen atoms in total. The van der Waals surface area contributed by atoms with E-state index in [1.807, 2.05) is 0 Å². The van der Waals surface area contributed by atoms with Crippen LogP contribution in [0, 0.1) is 5.92 Å². The van der Waals surface area contributed by atoms with E-state index in [4.69, 9.17) is 28.4 Å². The molecule has 54 heavy (non-hydrogen) atoms. The number of carboxylic acid groups (broad SMARTS) is 1. The second-order valence-electron chi connectivity index (χ2n) is 13.7. The molecule has 0 rings (SSSR count). The first-order valence-corrected chi connectivity index (χ1v) is 20.4. The number of ether oxygens (including phenoxy) is 6. The normalized spacial score (nSPS) is 12.6. The predicted molar refractivity (Wildman–Crippen MR) is 209 cm³/mol. The molecule has 0 aromatic carbocycles. The van der Waals surface area contributed by atoms with Crippen LogP contribution < -0.4 is 16.0 Å². The molecule has 0 unspecified atom stereocenters. The number of carbonyl (C=O) groups is 4. The molecule has 0 aliphatic heterocycles. The smallest absolute Gasteiger partial charge is 0.326 e. The van der Waals surface area contributed by atoms with Gasteiger partial charge in [0.25, 0.3) is 0 Å². The van der Waals surface area contributed by atoms with Gasteiger partial charge in [0, 0.05) is 13.0 Å². The minimum absolute atomic E-state index is 0.0868. The molecule has 316 valence electrons. The highest BCUT2D eigenvalue weighted by Gasteiger charge is 2.26. The number of hydrogen-bond acceptors (Lipinski definition) is 10. The maximum Gasteiger partial charge on any atom is 0.326 e. The third kappa shape index (κ3) is 35.1. The van der Waals surface area contributed by atoms with Crippen molar-refractivity contribution in [2.75, 3.05) is 85.8 Å². The maximum absolute atomic E-state index is 12.1. The zero-order chi connectivity index (χ0) is 39.9. The molecule has 0 fully saturated rings. The number of nitrogens with one attached hydrogen (secondary N) is 3. The van der Waals surface area contributed by atoms with Gasteiger partial charge in [-0.05, 0) is 44.9 Å². The van der Waals surface area contributed by atoms with E-state index in [0.29, 0.717) is 72.4 Å². The minimum Gasteiger partial charge on any atom is -0.480 e. The molecule has 0 saturated carbocycles. The molecule has 0 spiro atoms. The van der Waals surface area contributed by atoms with Crippen molar-refractivity contribution >= 4 is 23.7 Å². The topological polar surface area (TPSA) is 180 Å². The van der Waals surface area contributed by atoms with Crippen molar-refractivity contribution in [1.29, 1.82) is 0 Å². The van der Waals surface area contributed by atoms with Crippen LogP contribution in [0.3, 0.4) is 0 Å². The van der Waals surface area contributed by atoms with Crippen LogP contribution in [0.25, 0.3) is 0 Å². The van der Waals surface area contributed by atoms with E-state index in [0.717, 1.165) is 12.8 Å². The third-order valence-corrected chi connectivity index (χ3v) is 8.33. The molecule has 0 bridgehead atoms. The van der Waals surface area contributed by atoms with Gasteiger partial charge >= 0.3 is 5.97 Å². The van der Waals surface area contributed by atoms with E-state index in [1.165, 1.54) is 77.6 Å². The molecule has 0 aliphatic carbocycles. The summed E-state index contributed by atoms with van der Waals surface area (Å²) in [5.74, 6) is -2.42. The van der Waals surface area contributed by atoms with Crippen molar-refractivity contribution < 1.29 is 52.7 Å².